The van der Waals surface area contributed by atoms with Crippen molar-refractivity contribution in [3.63, 3.8) is 0 Å². The Labute approximate surface area is 118 Å². The highest BCUT2D eigenvalue weighted by atomic mass is 35.5. The fourth-order valence-electron chi connectivity index (χ4n) is 2.32. The molecule has 0 aliphatic carbocycles. The van der Waals surface area contributed by atoms with Gasteiger partial charge in [0.25, 0.3) is 0 Å². The molecule has 0 unspecified atom stereocenters. The number of benzene rings is 2. The van der Waals surface area contributed by atoms with Crippen LogP contribution in [-0.4, -0.2) is 6.61 Å². The quantitative estimate of drug-likeness (QED) is 0.905. The van der Waals surface area contributed by atoms with Crippen LogP contribution in [0.4, 0.5) is 5.69 Å². The van der Waals surface area contributed by atoms with Crippen molar-refractivity contribution in [2.75, 3.05) is 11.9 Å². The van der Waals surface area contributed by atoms with Gasteiger partial charge in [-0.3, -0.25) is 0 Å². The van der Waals surface area contributed by atoms with E-state index in [1.165, 1.54) is 16.7 Å². The lowest BCUT2D eigenvalue weighted by Crippen LogP contribution is -2.00. The highest BCUT2D eigenvalue weighted by Gasteiger charge is 2.11. The molecule has 0 amide bonds. The average Bonchev–Trinajstić information content (AvgIpc) is 2.87. The summed E-state index contributed by atoms with van der Waals surface area (Å²) >= 11 is 6.17. The number of rotatable bonds is 3. The Morgan fingerprint density at radius 1 is 1.21 bits per heavy atom. The van der Waals surface area contributed by atoms with Crippen LogP contribution >= 0.6 is 11.6 Å². The Morgan fingerprint density at radius 2 is 2.11 bits per heavy atom. The average molecular weight is 274 g/mol. The Morgan fingerprint density at radius 3 is 3.00 bits per heavy atom. The summed E-state index contributed by atoms with van der Waals surface area (Å²) in [6.07, 6.45) is 1.01. The molecule has 3 heteroatoms. The van der Waals surface area contributed by atoms with Gasteiger partial charge < -0.3 is 10.1 Å². The molecule has 0 aromatic heterocycles. The monoisotopic (exact) mass is 273 g/mol. The molecule has 1 aliphatic rings. The highest BCUT2D eigenvalue weighted by molar-refractivity contribution is 6.33. The summed E-state index contributed by atoms with van der Waals surface area (Å²) in [4.78, 5) is 0. The van der Waals surface area contributed by atoms with Gasteiger partial charge in [-0.15, -0.1) is 0 Å². The molecule has 1 aliphatic heterocycles. The van der Waals surface area contributed by atoms with Gasteiger partial charge in [-0.25, -0.2) is 0 Å². The summed E-state index contributed by atoms with van der Waals surface area (Å²) in [5.41, 5.74) is 4.74. The van der Waals surface area contributed by atoms with Gasteiger partial charge in [0.05, 0.1) is 17.3 Å². The molecule has 3 rings (SSSR count). The van der Waals surface area contributed by atoms with Gasteiger partial charge in [0.15, 0.2) is 0 Å². The largest absolute Gasteiger partial charge is 0.493 e. The van der Waals surface area contributed by atoms with Gasteiger partial charge in [0, 0.05) is 13.0 Å². The first-order valence-electron chi connectivity index (χ1n) is 6.47. The van der Waals surface area contributed by atoms with Crippen LogP contribution < -0.4 is 10.1 Å². The summed E-state index contributed by atoms with van der Waals surface area (Å²) in [6.45, 7) is 3.64. The van der Waals surface area contributed by atoms with E-state index in [1.54, 1.807) is 0 Å². The van der Waals surface area contributed by atoms with Crippen molar-refractivity contribution in [2.24, 2.45) is 0 Å². The van der Waals surface area contributed by atoms with Crippen LogP contribution in [0.3, 0.4) is 0 Å². The molecule has 0 fully saturated rings. The third-order valence-corrected chi connectivity index (χ3v) is 3.69. The number of ether oxygens (including phenoxy) is 1. The zero-order chi connectivity index (χ0) is 13.2. The van der Waals surface area contributed by atoms with E-state index in [-0.39, 0.29) is 0 Å². The van der Waals surface area contributed by atoms with E-state index < -0.39 is 0 Å². The Hall–Kier alpha value is -1.67. The van der Waals surface area contributed by atoms with Gasteiger partial charge in [-0.1, -0.05) is 29.8 Å². The number of aryl methyl sites for hydroxylation is 1. The van der Waals surface area contributed by atoms with Crippen LogP contribution in [0.25, 0.3) is 0 Å². The van der Waals surface area contributed by atoms with Crippen LogP contribution in [-0.2, 0) is 13.0 Å². The minimum absolute atomic E-state index is 0.759. The molecular formula is C16H16ClNO. The lowest BCUT2D eigenvalue weighted by Gasteiger charge is -2.10. The fraction of sp³-hybridized carbons (Fsp3) is 0.250. The van der Waals surface area contributed by atoms with Crippen molar-refractivity contribution in [3.8, 4) is 5.75 Å². The molecular weight excluding hydrogens is 258 g/mol. The van der Waals surface area contributed by atoms with Crippen LogP contribution in [0, 0.1) is 6.92 Å². The standard InChI is InChI=1S/C16H16ClNO/c1-11-2-4-14(17)15(8-11)18-10-12-3-5-16-13(9-12)6-7-19-16/h2-5,8-9,18H,6-7,10H2,1H3. The number of nitrogens with one attached hydrogen (secondary N) is 1. The minimum Gasteiger partial charge on any atom is -0.493 e. The van der Waals surface area contributed by atoms with E-state index in [9.17, 15) is 0 Å². The molecule has 0 radical (unpaired) electrons. The zero-order valence-electron chi connectivity index (χ0n) is 10.9. The second-order valence-electron chi connectivity index (χ2n) is 4.88. The summed E-state index contributed by atoms with van der Waals surface area (Å²) in [6, 6.07) is 12.4. The minimum atomic E-state index is 0.759. The topological polar surface area (TPSA) is 21.3 Å². The van der Waals surface area contributed by atoms with Crippen molar-refractivity contribution >= 4 is 17.3 Å². The molecule has 0 spiro atoms. The first-order chi connectivity index (χ1) is 9.22. The van der Waals surface area contributed by atoms with Crippen molar-refractivity contribution < 1.29 is 4.74 Å². The van der Waals surface area contributed by atoms with Gasteiger partial charge in [0.1, 0.15) is 5.75 Å². The zero-order valence-corrected chi connectivity index (χ0v) is 11.6. The third kappa shape index (κ3) is 2.69. The second-order valence-corrected chi connectivity index (χ2v) is 5.28. The normalized spacial score (nSPS) is 12.9. The molecule has 1 N–H and O–H groups in total. The molecule has 2 aromatic carbocycles. The summed E-state index contributed by atoms with van der Waals surface area (Å²) < 4.78 is 5.51. The van der Waals surface area contributed by atoms with E-state index >= 15 is 0 Å². The molecule has 0 bridgehead atoms. The van der Waals surface area contributed by atoms with Gasteiger partial charge in [0.2, 0.25) is 0 Å². The smallest absolute Gasteiger partial charge is 0.122 e. The molecule has 0 saturated carbocycles. The predicted octanol–water partition coefficient (Wildman–Crippen LogP) is 4.20. The molecule has 0 atom stereocenters. The summed E-state index contributed by atoms with van der Waals surface area (Å²) in [7, 11) is 0. The maximum atomic E-state index is 6.17. The number of anilines is 1. The van der Waals surface area contributed by atoms with Crippen LogP contribution in [0.2, 0.25) is 5.02 Å². The lowest BCUT2D eigenvalue weighted by atomic mass is 10.1. The number of halogens is 1. The van der Waals surface area contributed by atoms with Gasteiger partial charge >= 0.3 is 0 Å². The Bertz CT molecular complexity index is 610. The summed E-state index contributed by atoms with van der Waals surface area (Å²) in [5.74, 6) is 1.03. The molecule has 2 nitrogen and oxygen atoms in total. The second kappa shape index (κ2) is 5.14. The molecule has 19 heavy (non-hydrogen) atoms. The van der Waals surface area contributed by atoms with E-state index in [0.29, 0.717) is 0 Å². The predicted molar refractivity (Wildman–Crippen MR) is 79.2 cm³/mol. The summed E-state index contributed by atoms with van der Waals surface area (Å²) in [5, 5.41) is 4.15. The van der Waals surface area contributed by atoms with Crippen LogP contribution in [0.5, 0.6) is 5.75 Å². The molecule has 98 valence electrons. The Balaban J connectivity index is 1.74. The molecule has 0 saturated heterocycles. The molecule has 1 heterocycles. The van der Waals surface area contributed by atoms with Crippen molar-refractivity contribution in [2.45, 2.75) is 19.9 Å². The van der Waals surface area contributed by atoms with Gasteiger partial charge in [-0.05, 0) is 41.8 Å². The SMILES string of the molecule is Cc1ccc(Cl)c(NCc2ccc3c(c2)CCO3)c1. The van der Waals surface area contributed by atoms with Crippen molar-refractivity contribution in [3.05, 3.63) is 58.1 Å². The third-order valence-electron chi connectivity index (χ3n) is 3.36. The van der Waals surface area contributed by atoms with Crippen LogP contribution in [0.15, 0.2) is 36.4 Å². The van der Waals surface area contributed by atoms with Crippen LogP contribution in [0.1, 0.15) is 16.7 Å². The first kappa shape index (κ1) is 12.4. The van der Waals surface area contributed by atoms with E-state index in [4.69, 9.17) is 16.3 Å². The fourth-order valence-corrected chi connectivity index (χ4v) is 2.51. The van der Waals surface area contributed by atoms with Gasteiger partial charge in [-0.2, -0.15) is 0 Å². The van der Waals surface area contributed by atoms with E-state index in [2.05, 4.69) is 36.5 Å². The first-order valence-corrected chi connectivity index (χ1v) is 6.85. The number of fused-ring (bicyclic) bond motifs is 1. The maximum absolute atomic E-state index is 6.17. The van der Waals surface area contributed by atoms with E-state index in [0.717, 1.165) is 36.0 Å². The molecule has 2 aromatic rings. The van der Waals surface area contributed by atoms with Crippen molar-refractivity contribution in [1.82, 2.24) is 0 Å². The number of hydrogen-bond donors (Lipinski definition) is 1. The maximum Gasteiger partial charge on any atom is 0.122 e. The lowest BCUT2D eigenvalue weighted by molar-refractivity contribution is 0.357. The van der Waals surface area contributed by atoms with Crippen molar-refractivity contribution in [1.29, 1.82) is 0 Å². The van der Waals surface area contributed by atoms with E-state index in [1.807, 2.05) is 12.1 Å². The Kier molecular flexibility index (Phi) is 3.34. The highest BCUT2D eigenvalue weighted by Crippen LogP contribution is 2.27. The number of hydrogen-bond acceptors (Lipinski definition) is 2.